The number of pyridine rings is 1. The lowest BCUT2D eigenvalue weighted by Gasteiger charge is -2.22. The summed E-state index contributed by atoms with van der Waals surface area (Å²) in [5, 5.41) is 10.4. The fourth-order valence-electron chi connectivity index (χ4n) is 4.38. The number of primary sulfonamides is 1. The van der Waals surface area contributed by atoms with Gasteiger partial charge in [0.1, 0.15) is 0 Å². The summed E-state index contributed by atoms with van der Waals surface area (Å²) in [4.78, 5) is 31.7. The molecule has 3 N–H and O–H groups in total. The number of nitrogens with two attached hydrogens (primary N) is 1. The van der Waals surface area contributed by atoms with Crippen molar-refractivity contribution in [1.82, 2.24) is 4.98 Å². The number of carbonyl (C=O) groups excluding carboxylic acids is 2. The van der Waals surface area contributed by atoms with E-state index in [1.54, 1.807) is 11.3 Å². The van der Waals surface area contributed by atoms with Gasteiger partial charge in [-0.25, -0.2) is 23.3 Å². The Morgan fingerprint density at radius 1 is 1.05 bits per heavy atom. The second kappa shape index (κ2) is 10.3. The van der Waals surface area contributed by atoms with Gasteiger partial charge in [0.25, 0.3) is 5.91 Å². The molecule has 10 heteroatoms. The summed E-state index contributed by atoms with van der Waals surface area (Å²) < 4.78 is 28.2. The summed E-state index contributed by atoms with van der Waals surface area (Å²) in [5.74, 6) is -1.14. The van der Waals surface area contributed by atoms with Crippen LogP contribution in [0.15, 0.2) is 70.9 Å². The second-order valence-electron chi connectivity index (χ2n) is 8.56. The summed E-state index contributed by atoms with van der Waals surface area (Å²) in [6.45, 7) is -0.501. The van der Waals surface area contributed by atoms with Crippen LogP contribution in [0.5, 0.6) is 0 Å². The van der Waals surface area contributed by atoms with Gasteiger partial charge in [0.05, 0.1) is 21.7 Å². The van der Waals surface area contributed by atoms with Gasteiger partial charge < -0.3 is 10.1 Å². The van der Waals surface area contributed by atoms with E-state index < -0.39 is 28.5 Å². The van der Waals surface area contributed by atoms with E-state index in [0.29, 0.717) is 28.6 Å². The Balaban J connectivity index is 1.39. The number of nitrogens with zero attached hydrogens (tertiary/aromatic N) is 1. The lowest BCUT2D eigenvalue weighted by molar-refractivity contribution is -0.119. The molecule has 1 aliphatic rings. The highest BCUT2D eigenvalue weighted by Crippen LogP contribution is 2.36. The summed E-state index contributed by atoms with van der Waals surface area (Å²) in [7, 11) is -3.84. The van der Waals surface area contributed by atoms with Gasteiger partial charge in [0.15, 0.2) is 6.61 Å². The van der Waals surface area contributed by atoms with Crippen molar-refractivity contribution < 1.29 is 22.7 Å². The van der Waals surface area contributed by atoms with E-state index in [1.807, 2.05) is 41.8 Å². The number of para-hydroxylation sites is 1. The summed E-state index contributed by atoms with van der Waals surface area (Å²) in [6, 6.07) is 16.8. The summed E-state index contributed by atoms with van der Waals surface area (Å²) in [6.07, 6.45) is 4.53. The zero-order chi connectivity index (χ0) is 26.0. The monoisotopic (exact) mass is 533 g/mol. The molecule has 1 amide bonds. The molecule has 0 saturated heterocycles. The van der Waals surface area contributed by atoms with Crippen LogP contribution in [0.4, 0.5) is 5.69 Å². The molecule has 0 aliphatic heterocycles. The molecule has 5 rings (SSSR count). The normalized spacial score (nSPS) is 14.4. The lowest BCUT2D eigenvalue weighted by Crippen LogP contribution is -2.22. The predicted molar refractivity (Wildman–Crippen MR) is 144 cm³/mol. The van der Waals surface area contributed by atoms with Gasteiger partial charge in [-0.3, -0.25) is 4.79 Å². The van der Waals surface area contributed by atoms with Crippen molar-refractivity contribution in [2.45, 2.75) is 24.2 Å². The Hall–Kier alpha value is -3.86. The van der Waals surface area contributed by atoms with Gasteiger partial charge in [0, 0.05) is 16.0 Å². The Bertz CT molecular complexity index is 1630. The number of hydrogen-bond donors (Lipinski definition) is 2. The van der Waals surface area contributed by atoms with E-state index in [1.165, 1.54) is 24.3 Å². The van der Waals surface area contributed by atoms with E-state index in [2.05, 4.69) is 11.4 Å². The smallest absolute Gasteiger partial charge is 0.339 e. The number of allylic oxidation sites excluding steroid dienone is 1. The van der Waals surface area contributed by atoms with Crippen molar-refractivity contribution in [3.63, 3.8) is 0 Å². The number of ether oxygens (including phenoxy) is 1. The number of anilines is 1. The number of rotatable bonds is 6. The molecule has 0 spiro atoms. The van der Waals surface area contributed by atoms with E-state index >= 15 is 0 Å². The van der Waals surface area contributed by atoms with Crippen molar-refractivity contribution >= 4 is 61.5 Å². The van der Waals surface area contributed by atoms with Crippen molar-refractivity contribution in [3.8, 4) is 0 Å². The first-order chi connectivity index (χ1) is 17.8. The van der Waals surface area contributed by atoms with Crippen molar-refractivity contribution in [2.75, 3.05) is 11.9 Å². The number of sulfonamides is 1. The van der Waals surface area contributed by atoms with Crippen LogP contribution in [0.25, 0.3) is 22.6 Å². The first-order valence-corrected chi connectivity index (χ1v) is 14.0. The fourth-order valence-corrected chi connectivity index (χ4v) is 5.58. The van der Waals surface area contributed by atoms with Crippen molar-refractivity contribution in [1.29, 1.82) is 0 Å². The number of fused-ring (bicyclic) bond motifs is 2. The average molecular weight is 534 g/mol. The number of amides is 1. The van der Waals surface area contributed by atoms with Crippen LogP contribution in [0, 0.1) is 0 Å². The maximum Gasteiger partial charge on any atom is 0.339 e. The van der Waals surface area contributed by atoms with E-state index in [9.17, 15) is 18.0 Å². The molecule has 2 aromatic carbocycles. The Morgan fingerprint density at radius 2 is 1.84 bits per heavy atom. The average Bonchev–Trinajstić information content (AvgIpc) is 3.39. The molecule has 0 fully saturated rings. The molecule has 37 heavy (non-hydrogen) atoms. The molecule has 1 aliphatic carbocycles. The SMILES string of the molecule is NS(=O)(=O)c1ccc(NC(=O)COC(=O)c2c3c(nc4ccccc24)/C(=C\c2cccs2)CCC3)cc1. The quantitative estimate of drug-likeness (QED) is 0.348. The molecular weight excluding hydrogens is 510 g/mol. The number of benzene rings is 2. The van der Waals surface area contributed by atoms with Crippen LogP contribution in [-0.4, -0.2) is 31.9 Å². The molecule has 4 aromatic rings. The third kappa shape index (κ3) is 5.46. The number of nitrogens with one attached hydrogen (secondary N) is 1. The lowest BCUT2D eigenvalue weighted by atomic mass is 9.86. The van der Waals surface area contributed by atoms with Gasteiger partial charge >= 0.3 is 5.97 Å². The van der Waals surface area contributed by atoms with Gasteiger partial charge in [-0.2, -0.15) is 0 Å². The summed E-state index contributed by atoms with van der Waals surface area (Å²) in [5.41, 5.74) is 4.17. The topological polar surface area (TPSA) is 128 Å². The van der Waals surface area contributed by atoms with E-state index in [-0.39, 0.29) is 4.90 Å². The highest BCUT2D eigenvalue weighted by atomic mass is 32.2. The largest absolute Gasteiger partial charge is 0.452 e. The highest BCUT2D eigenvalue weighted by molar-refractivity contribution is 7.89. The number of hydrogen-bond acceptors (Lipinski definition) is 7. The third-order valence-corrected chi connectivity index (χ3v) is 7.78. The van der Waals surface area contributed by atoms with Crippen LogP contribution < -0.4 is 10.5 Å². The minimum atomic E-state index is -3.84. The molecule has 2 aromatic heterocycles. The molecular formula is C27H23N3O5S2. The van der Waals surface area contributed by atoms with Crippen LogP contribution in [0.3, 0.4) is 0 Å². The maximum absolute atomic E-state index is 13.3. The van der Waals surface area contributed by atoms with Gasteiger partial charge in [-0.1, -0.05) is 24.3 Å². The molecule has 0 bridgehead atoms. The minimum Gasteiger partial charge on any atom is -0.452 e. The second-order valence-corrected chi connectivity index (χ2v) is 11.1. The zero-order valence-corrected chi connectivity index (χ0v) is 21.3. The van der Waals surface area contributed by atoms with Crippen LogP contribution >= 0.6 is 11.3 Å². The number of aromatic nitrogens is 1. The first kappa shape index (κ1) is 24.8. The van der Waals surface area contributed by atoms with Crippen LogP contribution in [0.1, 0.15) is 39.3 Å². The first-order valence-electron chi connectivity index (χ1n) is 11.6. The molecule has 2 heterocycles. The molecule has 0 radical (unpaired) electrons. The summed E-state index contributed by atoms with van der Waals surface area (Å²) >= 11 is 1.64. The van der Waals surface area contributed by atoms with Gasteiger partial charge in [0.2, 0.25) is 10.0 Å². The van der Waals surface area contributed by atoms with Gasteiger partial charge in [-0.15, -0.1) is 11.3 Å². The fraction of sp³-hybridized carbons (Fsp3) is 0.148. The van der Waals surface area contributed by atoms with E-state index in [4.69, 9.17) is 14.9 Å². The molecule has 0 unspecified atom stereocenters. The number of esters is 1. The molecule has 8 nitrogen and oxygen atoms in total. The van der Waals surface area contributed by atoms with Crippen molar-refractivity contribution in [3.05, 3.63) is 87.7 Å². The Labute approximate surface area is 217 Å². The Kier molecular flexibility index (Phi) is 6.88. The molecule has 0 saturated carbocycles. The standard InChI is InChI=1S/C27H23N3O5S2/c28-37(33,34)20-12-10-18(11-13-20)29-24(31)16-35-27(32)25-21-7-1-2-9-23(21)30-26-17(5-3-8-22(25)26)15-19-6-4-14-36-19/h1-2,4,6-7,9-15H,3,5,8,16H2,(H,29,31)(H2,28,33,34)/b17-15-. The highest BCUT2D eigenvalue weighted by Gasteiger charge is 2.26. The number of carbonyl (C=O) groups is 2. The minimum absolute atomic E-state index is 0.0706. The predicted octanol–water partition coefficient (Wildman–Crippen LogP) is 4.62. The molecule has 0 atom stereocenters. The van der Waals surface area contributed by atoms with Crippen LogP contribution in [-0.2, 0) is 26.0 Å². The third-order valence-electron chi connectivity index (χ3n) is 6.04. The number of thiophene rings is 1. The van der Waals surface area contributed by atoms with Crippen molar-refractivity contribution in [2.24, 2.45) is 5.14 Å². The zero-order valence-electron chi connectivity index (χ0n) is 19.6. The Morgan fingerprint density at radius 3 is 2.57 bits per heavy atom. The van der Waals surface area contributed by atoms with Crippen LogP contribution in [0.2, 0.25) is 0 Å². The maximum atomic E-state index is 13.3. The van der Waals surface area contributed by atoms with E-state index in [0.717, 1.165) is 34.5 Å². The van der Waals surface area contributed by atoms with Gasteiger partial charge in [-0.05, 0) is 78.3 Å². The molecule has 188 valence electrons.